The number of carbonyl (C=O) groups is 1. The fourth-order valence-electron chi connectivity index (χ4n) is 3.11. The van der Waals surface area contributed by atoms with E-state index in [1.54, 1.807) is 0 Å². The zero-order valence-corrected chi connectivity index (χ0v) is 12.7. The van der Waals surface area contributed by atoms with E-state index in [1.807, 2.05) is 4.90 Å². The Morgan fingerprint density at radius 3 is 2.81 bits per heavy atom. The molecular weight excluding hydrogens is 264 g/mol. The Kier molecular flexibility index (Phi) is 4.56. The lowest BCUT2D eigenvalue weighted by Crippen LogP contribution is -2.33. The standard InChI is InChI=1S/C17H24N2O2/c1-13(15-8-10-21-12-15)18-11-14-4-6-16(7-5-14)19-9-2-3-17(19)20/h4-7,13,15,18H,2-3,8-12H2,1H3. The molecule has 4 heteroatoms. The Hall–Kier alpha value is -1.39. The topological polar surface area (TPSA) is 41.6 Å². The van der Waals surface area contributed by atoms with Crippen LogP contribution in [0.5, 0.6) is 0 Å². The quantitative estimate of drug-likeness (QED) is 0.904. The fraction of sp³-hybridized carbons (Fsp3) is 0.588. The van der Waals surface area contributed by atoms with Crippen LogP contribution >= 0.6 is 0 Å². The second-order valence-corrected chi connectivity index (χ2v) is 6.11. The first-order valence-electron chi connectivity index (χ1n) is 7.94. The molecule has 1 aromatic rings. The molecule has 0 aromatic heterocycles. The van der Waals surface area contributed by atoms with E-state index in [1.165, 1.54) is 5.56 Å². The maximum absolute atomic E-state index is 11.7. The molecule has 0 bridgehead atoms. The van der Waals surface area contributed by atoms with E-state index >= 15 is 0 Å². The summed E-state index contributed by atoms with van der Waals surface area (Å²) in [6.45, 7) is 5.73. The summed E-state index contributed by atoms with van der Waals surface area (Å²) in [5.74, 6) is 0.877. The highest BCUT2D eigenvalue weighted by atomic mass is 16.5. The average molecular weight is 288 g/mol. The van der Waals surface area contributed by atoms with Gasteiger partial charge in [-0.05, 0) is 43.4 Å². The smallest absolute Gasteiger partial charge is 0.227 e. The number of anilines is 1. The third-order valence-corrected chi connectivity index (χ3v) is 4.62. The summed E-state index contributed by atoms with van der Waals surface area (Å²) in [4.78, 5) is 13.6. The van der Waals surface area contributed by atoms with Crippen LogP contribution in [0, 0.1) is 5.92 Å². The highest BCUT2D eigenvalue weighted by Gasteiger charge is 2.22. The fourth-order valence-corrected chi connectivity index (χ4v) is 3.11. The number of nitrogens with zero attached hydrogens (tertiary/aromatic N) is 1. The molecule has 1 N–H and O–H groups in total. The van der Waals surface area contributed by atoms with Crippen LogP contribution in [-0.4, -0.2) is 31.7 Å². The lowest BCUT2D eigenvalue weighted by molar-refractivity contribution is -0.117. The van der Waals surface area contributed by atoms with Crippen LogP contribution in [0.3, 0.4) is 0 Å². The first kappa shape index (κ1) is 14.5. The lowest BCUT2D eigenvalue weighted by Gasteiger charge is -2.20. The second kappa shape index (κ2) is 6.58. The normalized spacial score (nSPS) is 23.8. The van der Waals surface area contributed by atoms with Crippen LogP contribution in [0.4, 0.5) is 5.69 Å². The SMILES string of the molecule is CC(NCc1ccc(N2CCCC2=O)cc1)C1CCOC1. The minimum absolute atomic E-state index is 0.246. The van der Waals surface area contributed by atoms with Gasteiger partial charge in [-0.2, -0.15) is 0 Å². The highest BCUT2D eigenvalue weighted by Crippen LogP contribution is 2.22. The van der Waals surface area contributed by atoms with Crippen molar-refractivity contribution in [3.05, 3.63) is 29.8 Å². The van der Waals surface area contributed by atoms with Gasteiger partial charge in [0, 0.05) is 37.8 Å². The van der Waals surface area contributed by atoms with Gasteiger partial charge < -0.3 is 15.0 Å². The molecule has 21 heavy (non-hydrogen) atoms. The second-order valence-electron chi connectivity index (χ2n) is 6.11. The molecule has 0 spiro atoms. The number of hydrogen-bond acceptors (Lipinski definition) is 3. The average Bonchev–Trinajstić information content (AvgIpc) is 3.17. The molecule has 1 amide bonds. The summed E-state index contributed by atoms with van der Waals surface area (Å²) in [5.41, 5.74) is 2.29. The predicted molar refractivity (Wildman–Crippen MR) is 83.3 cm³/mol. The molecule has 1 aromatic carbocycles. The minimum atomic E-state index is 0.246. The summed E-state index contributed by atoms with van der Waals surface area (Å²) < 4.78 is 5.44. The number of amides is 1. The summed E-state index contributed by atoms with van der Waals surface area (Å²) in [7, 11) is 0. The van der Waals surface area contributed by atoms with Gasteiger partial charge in [0.15, 0.2) is 0 Å². The van der Waals surface area contributed by atoms with Gasteiger partial charge in [0.1, 0.15) is 0 Å². The molecule has 0 saturated carbocycles. The molecule has 0 aliphatic carbocycles. The Morgan fingerprint density at radius 2 is 2.19 bits per heavy atom. The van der Waals surface area contributed by atoms with Crippen molar-refractivity contribution in [1.82, 2.24) is 5.32 Å². The molecule has 114 valence electrons. The molecule has 0 radical (unpaired) electrons. The highest BCUT2D eigenvalue weighted by molar-refractivity contribution is 5.95. The molecule has 2 saturated heterocycles. The molecule has 3 rings (SSSR count). The Balaban J connectivity index is 1.53. The number of rotatable bonds is 5. The Labute approximate surface area is 126 Å². The third kappa shape index (κ3) is 3.44. The summed E-state index contributed by atoms with van der Waals surface area (Å²) >= 11 is 0. The Bertz CT molecular complexity index is 480. The number of benzene rings is 1. The van der Waals surface area contributed by atoms with E-state index < -0.39 is 0 Å². The Morgan fingerprint density at radius 1 is 1.38 bits per heavy atom. The van der Waals surface area contributed by atoms with Gasteiger partial charge in [0.2, 0.25) is 5.91 Å². The van der Waals surface area contributed by atoms with Crippen LogP contribution in [0.2, 0.25) is 0 Å². The van der Waals surface area contributed by atoms with E-state index in [9.17, 15) is 4.79 Å². The predicted octanol–water partition coefficient (Wildman–Crippen LogP) is 2.33. The lowest BCUT2D eigenvalue weighted by atomic mass is 10.0. The maximum Gasteiger partial charge on any atom is 0.227 e. The van der Waals surface area contributed by atoms with Crippen molar-refractivity contribution < 1.29 is 9.53 Å². The van der Waals surface area contributed by atoms with Gasteiger partial charge in [0.25, 0.3) is 0 Å². The maximum atomic E-state index is 11.7. The summed E-state index contributed by atoms with van der Waals surface area (Å²) in [5, 5.41) is 3.58. The molecule has 2 unspecified atom stereocenters. The van der Waals surface area contributed by atoms with Crippen LogP contribution < -0.4 is 10.2 Å². The molecule has 2 heterocycles. The zero-order chi connectivity index (χ0) is 14.7. The van der Waals surface area contributed by atoms with Crippen molar-refractivity contribution >= 4 is 11.6 Å². The zero-order valence-electron chi connectivity index (χ0n) is 12.7. The number of nitrogens with one attached hydrogen (secondary N) is 1. The van der Waals surface area contributed by atoms with E-state index in [0.29, 0.717) is 18.4 Å². The van der Waals surface area contributed by atoms with E-state index in [2.05, 4.69) is 36.5 Å². The first-order chi connectivity index (χ1) is 10.2. The summed E-state index contributed by atoms with van der Waals surface area (Å²) in [6, 6.07) is 8.83. The van der Waals surface area contributed by atoms with Crippen molar-refractivity contribution in [2.75, 3.05) is 24.7 Å². The van der Waals surface area contributed by atoms with Crippen LogP contribution in [-0.2, 0) is 16.1 Å². The van der Waals surface area contributed by atoms with Gasteiger partial charge in [-0.3, -0.25) is 4.79 Å². The van der Waals surface area contributed by atoms with Gasteiger partial charge in [-0.15, -0.1) is 0 Å². The molecule has 4 nitrogen and oxygen atoms in total. The van der Waals surface area contributed by atoms with Crippen LogP contribution in [0.1, 0.15) is 31.7 Å². The molecule has 2 aliphatic heterocycles. The third-order valence-electron chi connectivity index (χ3n) is 4.62. The van der Waals surface area contributed by atoms with E-state index in [0.717, 1.165) is 44.8 Å². The van der Waals surface area contributed by atoms with Gasteiger partial charge in [-0.1, -0.05) is 12.1 Å². The first-order valence-corrected chi connectivity index (χ1v) is 7.94. The van der Waals surface area contributed by atoms with Gasteiger partial charge in [-0.25, -0.2) is 0 Å². The van der Waals surface area contributed by atoms with Gasteiger partial charge in [0.05, 0.1) is 6.61 Å². The summed E-state index contributed by atoms with van der Waals surface area (Å²) in [6.07, 6.45) is 2.82. The number of carbonyl (C=O) groups excluding carboxylic acids is 1. The van der Waals surface area contributed by atoms with Gasteiger partial charge >= 0.3 is 0 Å². The molecule has 2 fully saturated rings. The minimum Gasteiger partial charge on any atom is -0.381 e. The van der Waals surface area contributed by atoms with E-state index in [4.69, 9.17) is 4.74 Å². The van der Waals surface area contributed by atoms with Crippen molar-refractivity contribution in [3.8, 4) is 0 Å². The van der Waals surface area contributed by atoms with Crippen molar-refractivity contribution in [3.63, 3.8) is 0 Å². The van der Waals surface area contributed by atoms with E-state index in [-0.39, 0.29) is 5.91 Å². The van der Waals surface area contributed by atoms with Crippen molar-refractivity contribution in [1.29, 1.82) is 0 Å². The molecular formula is C17H24N2O2. The largest absolute Gasteiger partial charge is 0.381 e. The van der Waals surface area contributed by atoms with Crippen molar-refractivity contribution in [2.45, 2.75) is 38.8 Å². The monoisotopic (exact) mass is 288 g/mol. The molecule has 2 atom stereocenters. The number of ether oxygens (including phenoxy) is 1. The number of hydrogen-bond donors (Lipinski definition) is 1. The van der Waals surface area contributed by atoms with Crippen molar-refractivity contribution in [2.24, 2.45) is 5.92 Å². The van der Waals surface area contributed by atoms with Crippen LogP contribution in [0.25, 0.3) is 0 Å². The molecule has 2 aliphatic rings. The van der Waals surface area contributed by atoms with Crippen LogP contribution in [0.15, 0.2) is 24.3 Å².